The quantitative estimate of drug-likeness (QED) is 0.287. The molecule has 0 fully saturated rings. The van der Waals surface area contributed by atoms with Gasteiger partial charge in [0, 0.05) is 0 Å². The topological polar surface area (TPSA) is 26.3 Å². The number of carbonyl (C=O) groups excluding carboxylic acids is 1. The Kier molecular flexibility index (Phi) is 13.9. The van der Waals surface area contributed by atoms with Crippen LogP contribution in [0.15, 0.2) is 0 Å². The summed E-state index contributed by atoms with van der Waals surface area (Å²) in [5.74, 6) is 0.532. The third kappa shape index (κ3) is 8.37. The smallest absolute Gasteiger partial charge is 0.298 e. The van der Waals surface area contributed by atoms with Gasteiger partial charge in [0.25, 0.3) is 5.97 Å². The van der Waals surface area contributed by atoms with Crippen LogP contribution in [0.1, 0.15) is 111 Å². The summed E-state index contributed by atoms with van der Waals surface area (Å²) < 4.78 is 5.35. The zero-order valence-electron chi connectivity index (χ0n) is 16.6. The van der Waals surface area contributed by atoms with E-state index in [4.69, 9.17) is 4.43 Å². The summed E-state index contributed by atoms with van der Waals surface area (Å²) in [6, 6.07) is 0. The predicted octanol–water partition coefficient (Wildman–Crippen LogP) is 5.56. The number of carbonyl (C=O) groups is 1. The van der Waals surface area contributed by atoms with E-state index in [2.05, 4.69) is 27.7 Å². The van der Waals surface area contributed by atoms with E-state index < -0.39 is 0 Å². The van der Waals surface area contributed by atoms with Gasteiger partial charge in [0.15, 0.2) is 0 Å². The maximum atomic E-state index is 12.6. The maximum absolute atomic E-state index is 12.6. The molecule has 0 N–H and O–H groups in total. The van der Waals surface area contributed by atoms with E-state index >= 15 is 0 Å². The molecule has 0 radical (unpaired) electrons. The molecule has 2 nitrogen and oxygen atoms in total. The van der Waals surface area contributed by atoms with Gasteiger partial charge in [-0.1, -0.05) is 91.9 Å². The Morgan fingerprint density at radius 1 is 0.913 bits per heavy atom. The summed E-state index contributed by atoms with van der Waals surface area (Å²) in [7, 11) is 0.521. The van der Waals surface area contributed by atoms with Gasteiger partial charge in [-0.05, 0) is 25.2 Å². The van der Waals surface area contributed by atoms with E-state index in [1.54, 1.807) is 0 Å². The van der Waals surface area contributed by atoms with E-state index in [0.717, 1.165) is 12.8 Å². The normalized spacial score (nSPS) is 15.3. The largest absolute Gasteiger partial charge is 0.528 e. The fraction of sp³-hybridized carbons (Fsp3) is 0.950. The van der Waals surface area contributed by atoms with Crippen molar-refractivity contribution in [3.05, 3.63) is 0 Å². The van der Waals surface area contributed by atoms with Crippen LogP contribution in [-0.4, -0.2) is 16.5 Å². The lowest BCUT2D eigenvalue weighted by molar-refractivity contribution is -0.150. The van der Waals surface area contributed by atoms with E-state index in [1.807, 2.05) is 0 Å². The maximum Gasteiger partial charge on any atom is 0.298 e. The minimum absolute atomic E-state index is 0.0863. The number of unbranched alkanes of at least 4 members (excludes halogenated alkanes) is 8. The van der Waals surface area contributed by atoms with Crippen molar-refractivity contribution in [1.82, 2.24) is 0 Å². The predicted molar refractivity (Wildman–Crippen MR) is 105 cm³/mol. The van der Waals surface area contributed by atoms with E-state index in [-0.39, 0.29) is 11.4 Å². The van der Waals surface area contributed by atoms with Crippen molar-refractivity contribution >= 4 is 16.5 Å². The van der Waals surface area contributed by atoms with Crippen LogP contribution in [0.4, 0.5) is 0 Å². The lowest BCUT2D eigenvalue weighted by Gasteiger charge is -2.36. The Morgan fingerprint density at radius 2 is 1.43 bits per heavy atom. The van der Waals surface area contributed by atoms with Crippen LogP contribution in [0.25, 0.3) is 0 Å². The summed E-state index contributed by atoms with van der Waals surface area (Å²) in [4.78, 5) is 12.6. The molecular formula is C20H42O2Si. The number of hydrogen-bond acceptors (Lipinski definition) is 2. The minimum Gasteiger partial charge on any atom is -0.528 e. The third-order valence-corrected chi connectivity index (χ3v) is 6.00. The zero-order valence-corrected chi connectivity index (χ0v) is 18.6. The van der Waals surface area contributed by atoms with Crippen molar-refractivity contribution in [3.8, 4) is 0 Å². The monoisotopic (exact) mass is 342 g/mol. The average Bonchev–Trinajstić information content (AvgIpc) is 2.57. The molecule has 0 heterocycles. The molecule has 0 aromatic rings. The number of rotatable bonds is 15. The summed E-state index contributed by atoms with van der Waals surface area (Å²) >= 11 is 0. The Labute approximate surface area is 148 Å². The first-order valence-electron chi connectivity index (χ1n) is 10.2. The van der Waals surface area contributed by atoms with Crippen LogP contribution in [0, 0.1) is 11.3 Å². The van der Waals surface area contributed by atoms with E-state index in [0.29, 0.717) is 16.4 Å². The molecule has 0 aliphatic carbocycles. The average molecular weight is 343 g/mol. The van der Waals surface area contributed by atoms with Gasteiger partial charge in [-0.2, -0.15) is 0 Å². The second kappa shape index (κ2) is 14.1. The Morgan fingerprint density at radius 3 is 1.91 bits per heavy atom. The van der Waals surface area contributed by atoms with Gasteiger partial charge in [0.05, 0.1) is 5.41 Å². The molecule has 2 atom stereocenters. The van der Waals surface area contributed by atoms with Crippen LogP contribution in [0.3, 0.4) is 0 Å². The van der Waals surface area contributed by atoms with Gasteiger partial charge in [-0.3, -0.25) is 4.79 Å². The van der Waals surface area contributed by atoms with Gasteiger partial charge >= 0.3 is 0 Å². The van der Waals surface area contributed by atoms with Crippen LogP contribution in [0.5, 0.6) is 0 Å². The highest BCUT2D eigenvalue weighted by atomic mass is 28.2. The van der Waals surface area contributed by atoms with Crippen molar-refractivity contribution < 1.29 is 9.22 Å². The van der Waals surface area contributed by atoms with Gasteiger partial charge in [-0.25, -0.2) is 0 Å². The molecule has 0 saturated heterocycles. The van der Waals surface area contributed by atoms with Crippen molar-refractivity contribution in [2.75, 3.05) is 0 Å². The summed E-state index contributed by atoms with van der Waals surface area (Å²) in [5.41, 5.74) is -0.223. The standard InChI is InChI=1S/C20H42O2Si/c1-5-8-10-12-14-16-18(4)20(7-3,19(21)22-23)17-15-13-11-9-6-2/h18H,5-17H2,1-4,23H3. The molecule has 3 heteroatoms. The zero-order chi connectivity index (χ0) is 17.6. The first-order valence-corrected chi connectivity index (χ1v) is 11.0. The molecule has 0 aliphatic heterocycles. The molecule has 0 bridgehead atoms. The fourth-order valence-corrected chi connectivity index (χ4v) is 4.20. The fourth-order valence-electron chi connectivity index (χ4n) is 3.80. The molecule has 138 valence electrons. The SMILES string of the molecule is CCCCCCCC(C)C(CC)(CCCCCCC)C(=O)O[SiH3]. The van der Waals surface area contributed by atoms with Gasteiger partial charge in [0.1, 0.15) is 0 Å². The van der Waals surface area contributed by atoms with E-state index in [9.17, 15) is 4.79 Å². The van der Waals surface area contributed by atoms with Crippen LogP contribution >= 0.6 is 0 Å². The molecule has 0 spiro atoms. The van der Waals surface area contributed by atoms with Crippen molar-refractivity contribution in [2.45, 2.75) is 111 Å². The Hall–Kier alpha value is -0.313. The van der Waals surface area contributed by atoms with Crippen molar-refractivity contribution in [3.63, 3.8) is 0 Å². The van der Waals surface area contributed by atoms with Crippen LogP contribution in [-0.2, 0) is 9.22 Å². The van der Waals surface area contributed by atoms with Crippen molar-refractivity contribution in [2.24, 2.45) is 11.3 Å². The summed E-state index contributed by atoms with van der Waals surface area (Å²) in [6.07, 6.45) is 16.0. The van der Waals surface area contributed by atoms with Crippen molar-refractivity contribution in [1.29, 1.82) is 0 Å². The molecule has 0 amide bonds. The summed E-state index contributed by atoms with van der Waals surface area (Å²) in [6.45, 7) is 8.96. The molecule has 0 rings (SSSR count). The molecule has 2 unspecified atom stereocenters. The lowest BCUT2D eigenvalue weighted by Crippen LogP contribution is -2.38. The first kappa shape index (κ1) is 22.7. The minimum atomic E-state index is -0.223. The van der Waals surface area contributed by atoms with Gasteiger partial charge in [0.2, 0.25) is 10.5 Å². The highest BCUT2D eigenvalue weighted by Gasteiger charge is 2.41. The first-order chi connectivity index (χ1) is 11.1. The molecule has 23 heavy (non-hydrogen) atoms. The lowest BCUT2D eigenvalue weighted by atomic mass is 9.69. The molecule has 0 aromatic heterocycles. The number of hydrogen-bond donors (Lipinski definition) is 0. The van der Waals surface area contributed by atoms with E-state index in [1.165, 1.54) is 70.6 Å². The third-order valence-electron chi connectivity index (χ3n) is 5.63. The Bertz CT molecular complexity index is 293. The van der Waals surface area contributed by atoms with Crippen LogP contribution in [0.2, 0.25) is 0 Å². The highest BCUT2D eigenvalue weighted by Crippen LogP contribution is 2.41. The van der Waals surface area contributed by atoms with Crippen LogP contribution < -0.4 is 0 Å². The summed E-state index contributed by atoms with van der Waals surface area (Å²) in [5, 5.41) is 0. The molecular weight excluding hydrogens is 300 g/mol. The second-order valence-corrected chi connectivity index (χ2v) is 7.68. The highest BCUT2D eigenvalue weighted by molar-refractivity contribution is 6.06. The molecule has 0 aromatic carbocycles. The Balaban J connectivity index is 4.53. The van der Waals surface area contributed by atoms with Gasteiger partial charge < -0.3 is 4.43 Å². The van der Waals surface area contributed by atoms with Gasteiger partial charge in [-0.15, -0.1) is 0 Å². The molecule has 0 aliphatic rings. The second-order valence-electron chi connectivity index (χ2n) is 7.27. The molecule has 0 saturated carbocycles.